The van der Waals surface area contributed by atoms with Crippen LogP contribution in [0.25, 0.3) is 0 Å². The second-order valence-electron chi connectivity index (χ2n) is 2.90. The van der Waals surface area contributed by atoms with Crippen molar-refractivity contribution < 1.29 is 0 Å². The number of nitrogens with one attached hydrogen (secondary N) is 1. The molecule has 68 valence electrons. The molecule has 1 heterocycles. The van der Waals surface area contributed by atoms with Gasteiger partial charge in [0.05, 0.1) is 0 Å². The monoisotopic (exact) mass is 169 g/mol. The minimum atomic E-state index is -0.224. The molecule has 5 N–H and O–H groups in total. The summed E-state index contributed by atoms with van der Waals surface area (Å²) in [4.78, 5) is 5.65. The topological polar surface area (TPSA) is 91.5 Å². The largest absolute Gasteiger partial charge is 0.369 e. The Balaban J connectivity index is 2.49. The Labute approximate surface area is 71.9 Å². The summed E-state index contributed by atoms with van der Waals surface area (Å²) in [6.07, 6.45) is 3.55. The van der Waals surface area contributed by atoms with Gasteiger partial charge in [-0.05, 0) is 19.3 Å². The van der Waals surface area contributed by atoms with E-state index >= 15 is 0 Å². The molecule has 12 heavy (non-hydrogen) atoms. The van der Waals surface area contributed by atoms with Gasteiger partial charge in [0.15, 0.2) is 5.96 Å². The van der Waals surface area contributed by atoms with Crippen LogP contribution in [0.15, 0.2) is 4.99 Å². The summed E-state index contributed by atoms with van der Waals surface area (Å²) < 4.78 is 0. The Morgan fingerprint density at radius 1 is 1.17 bits per heavy atom. The van der Waals surface area contributed by atoms with Gasteiger partial charge in [0.1, 0.15) is 0 Å². The third-order valence-electron chi connectivity index (χ3n) is 1.92. The Kier molecular flexibility index (Phi) is 2.90. The van der Waals surface area contributed by atoms with E-state index in [0.717, 1.165) is 25.9 Å². The molecule has 0 unspecified atom stereocenters. The predicted octanol–water partition coefficient (Wildman–Crippen LogP) is -0.320. The molecule has 0 aromatic rings. The number of hydrogen-bond acceptors (Lipinski definition) is 1. The van der Waals surface area contributed by atoms with Gasteiger partial charge in [0.25, 0.3) is 0 Å². The number of piperidine rings is 1. The standard InChI is InChI=1S/C7H15N5/c8-6(9)11-7(10)12-4-2-1-3-5-12/h1-5H2,(H5,8,9,10,11). The molecule has 1 fully saturated rings. The molecular formula is C7H15N5. The molecule has 1 saturated heterocycles. The molecule has 5 heteroatoms. The SMILES string of the molecule is N=C(N)/N=C(\N)N1CCCCC1. The van der Waals surface area contributed by atoms with Crippen LogP contribution < -0.4 is 11.5 Å². The first-order valence-corrected chi connectivity index (χ1v) is 4.13. The highest BCUT2D eigenvalue weighted by molar-refractivity contribution is 5.91. The van der Waals surface area contributed by atoms with E-state index in [1.807, 2.05) is 4.90 Å². The van der Waals surface area contributed by atoms with Crippen LogP contribution in [0, 0.1) is 5.41 Å². The fraction of sp³-hybridized carbons (Fsp3) is 0.714. The van der Waals surface area contributed by atoms with Crippen molar-refractivity contribution in [2.45, 2.75) is 19.3 Å². The van der Waals surface area contributed by atoms with E-state index < -0.39 is 0 Å². The summed E-state index contributed by atoms with van der Waals surface area (Å²) >= 11 is 0. The Morgan fingerprint density at radius 3 is 2.25 bits per heavy atom. The van der Waals surface area contributed by atoms with Crippen molar-refractivity contribution in [2.24, 2.45) is 16.5 Å². The van der Waals surface area contributed by atoms with Crippen molar-refractivity contribution in [2.75, 3.05) is 13.1 Å². The van der Waals surface area contributed by atoms with Crippen LogP contribution >= 0.6 is 0 Å². The molecule has 0 aromatic heterocycles. The van der Waals surface area contributed by atoms with Crippen molar-refractivity contribution >= 4 is 11.9 Å². The lowest BCUT2D eigenvalue weighted by molar-refractivity contribution is 0.339. The summed E-state index contributed by atoms with van der Waals surface area (Å²) in [6.45, 7) is 1.87. The number of likely N-dealkylation sites (tertiary alicyclic amines) is 1. The number of guanidine groups is 2. The zero-order chi connectivity index (χ0) is 8.97. The fourth-order valence-electron chi connectivity index (χ4n) is 1.32. The molecule has 0 aliphatic carbocycles. The van der Waals surface area contributed by atoms with Gasteiger partial charge in [-0.3, -0.25) is 5.41 Å². The van der Waals surface area contributed by atoms with Gasteiger partial charge in [0.2, 0.25) is 5.96 Å². The molecule has 5 nitrogen and oxygen atoms in total. The van der Waals surface area contributed by atoms with Crippen molar-refractivity contribution in [3.8, 4) is 0 Å². The van der Waals surface area contributed by atoms with Crippen molar-refractivity contribution in [1.82, 2.24) is 4.90 Å². The molecule has 1 aliphatic heterocycles. The van der Waals surface area contributed by atoms with Crippen LogP contribution in [-0.2, 0) is 0 Å². The van der Waals surface area contributed by atoms with Gasteiger partial charge in [-0.15, -0.1) is 0 Å². The lowest BCUT2D eigenvalue weighted by atomic mass is 10.1. The molecule has 0 bridgehead atoms. The van der Waals surface area contributed by atoms with E-state index in [4.69, 9.17) is 16.9 Å². The summed E-state index contributed by atoms with van der Waals surface area (Å²) in [5.74, 6) is 0.153. The van der Waals surface area contributed by atoms with Crippen LogP contribution in [0.4, 0.5) is 0 Å². The molecule has 0 radical (unpaired) electrons. The summed E-state index contributed by atoms with van der Waals surface area (Å²) in [7, 11) is 0. The first kappa shape index (κ1) is 8.83. The minimum absolute atomic E-state index is 0.224. The number of rotatable bonds is 0. The lowest BCUT2D eigenvalue weighted by Crippen LogP contribution is -2.41. The summed E-state index contributed by atoms with van der Waals surface area (Å²) in [6, 6.07) is 0. The van der Waals surface area contributed by atoms with E-state index in [9.17, 15) is 0 Å². The van der Waals surface area contributed by atoms with E-state index in [2.05, 4.69) is 4.99 Å². The molecule has 1 aliphatic rings. The van der Waals surface area contributed by atoms with Crippen LogP contribution in [0.2, 0.25) is 0 Å². The van der Waals surface area contributed by atoms with Crippen LogP contribution in [0.1, 0.15) is 19.3 Å². The molecule has 0 atom stereocenters. The van der Waals surface area contributed by atoms with E-state index in [1.54, 1.807) is 0 Å². The normalized spacial score (nSPS) is 19.3. The van der Waals surface area contributed by atoms with Gasteiger partial charge in [-0.1, -0.05) is 0 Å². The maximum Gasteiger partial charge on any atom is 0.215 e. The molecule has 0 amide bonds. The summed E-state index contributed by atoms with van der Waals surface area (Å²) in [5, 5.41) is 6.93. The number of hydrogen-bond donors (Lipinski definition) is 3. The molecular weight excluding hydrogens is 154 g/mol. The third kappa shape index (κ3) is 2.41. The Hall–Kier alpha value is -1.26. The molecule has 1 rings (SSSR count). The van der Waals surface area contributed by atoms with Gasteiger partial charge >= 0.3 is 0 Å². The fourth-order valence-corrected chi connectivity index (χ4v) is 1.32. The van der Waals surface area contributed by atoms with Gasteiger partial charge in [-0.2, -0.15) is 4.99 Å². The average molecular weight is 169 g/mol. The molecule has 0 spiro atoms. The maximum atomic E-state index is 6.93. The van der Waals surface area contributed by atoms with E-state index in [0.29, 0.717) is 5.96 Å². The second kappa shape index (κ2) is 3.94. The van der Waals surface area contributed by atoms with Crippen molar-refractivity contribution in [3.63, 3.8) is 0 Å². The van der Waals surface area contributed by atoms with Crippen molar-refractivity contribution in [1.29, 1.82) is 5.41 Å². The Bertz CT molecular complexity index is 192. The highest BCUT2D eigenvalue weighted by atomic mass is 15.3. The van der Waals surface area contributed by atoms with Crippen LogP contribution in [-0.4, -0.2) is 29.9 Å². The zero-order valence-electron chi connectivity index (χ0n) is 7.08. The highest BCUT2D eigenvalue weighted by Gasteiger charge is 2.11. The van der Waals surface area contributed by atoms with Crippen LogP contribution in [0.3, 0.4) is 0 Å². The predicted molar refractivity (Wildman–Crippen MR) is 49.0 cm³/mol. The van der Waals surface area contributed by atoms with Gasteiger partial charge in [0, 0.05) is 13.1 Å². The van der Waals surface area contributed by atoms with Gasteiger partial charge in [-0.25, -0.2) is 0 Å². The van der Waals surface area contributed by atoms with E-state index in [-0.39, 0.29) is 5.96 Å². The highest BCUT2D eigenvalue weighted by Crippen LogP contribution is 2.07. The molecule has 0 aromatic carbocycles. The smallest absolute Gasteiger partial charge is 0.215 e. The average Bonchev–Trinajstić information content (AvgIpc) is 2.05. The number of aliphatic imine (C=N–C) groups is 1. The number of nitrogens with two attached hydrogens (primary N) is 2. The third-order valence-corrected chi connectivity index (χ3v) is 1.92. The minimum Gasteiger partial charge on any atom is -0.369 e. The maximum absolute atomic E-state index is 6.93. The first-order valence-electron chi connectivity index (χ1n) is 4.13. The first-order chi connectivity index (χ1) is 5.70. The second-order valence-corrected chi connectivity index (χ2v) is 2.90. The quantitative estimate of drug-likeness (QED) is 0.343. The van der Waals surface area contributed by atoms with Crippen LogP contribution in [0.5, 0.6) is 0 Å². The number of nitrogens with zero attached hydrogens (tertiary/aromatic N) is 2. The lowest BCUT2D eigenvalue weighted by Gasteiger charge is -2.27. The van der Waals surface area contributed by atoms with Crippen molar-refractivity contribution in [3.05, 3.63) is 0 Å². The van der Waals surface area contributed by atoms with Gasteiger partial charge < -0.3 is 16.4 Å². The Morgan fingerprint density at radius 2 is 1.75 bits per heavy atom. The molecule has 0 saturated carbocycles. The zero-order valence-corrected chi connectivity index (χ0v) is 7.08. The summed E-state index contributed by atoms with van der Waals surface area (Å²) in [5.41, 5.74) is 10.7. The van der Waals surface area contributed by atoms with E-state index in [1.165, 1.54) is 6.42 Å².